The summed E-state index contributed by atoms with van der Waals surface area (Å²) in [5.74, 6) is 0. The van der Waals surface area contributed by atoms with Crippen LogP contribution >= 0.6 is 44.0 Å². The van der Waals surface area contributed by atoms with Crippen LogP contribution in [0.1, 0.15) is 0 Å². The van der Waals surface area contributed by atoms with Crippen molar-refractivity contribution in [3.05, 3.63) is 0 Å². The molecule has 0 saturated carbocycles. The zero-order valence-corrected chi connectivity index (χ0v) is 7.71. The summed E-state index contributed by atoms with van der Waals surface area (Å²) in [5.41, 5.74) is 0. The van der Waals surface area contributed by atoms with Crippen molar-refractivity contribution in [3.8, 4) is 0 Å². The summed E-state index contributed by atoms with van der Waals surface area (Å²) in [6.45, 7) is 0. The predicted molar refractivity (Wildman–Crippen MR) is 38.5 cm³/mol. The molecule has 0 rings (SSSR count). The van der Waals surface area contributed by atoms with Crippen molar-refractivity contribution in [3.63, 3.8) is 0 Å². The summed E-state index contributed by atoms with van der Waals surface area (Å²) in [5, 5.41) is 0. The summed E-state index contributed by atoms with van der Waals surface area (Å²) in [6.07, 6.45) is 0. The third-order valence-corrected chi connectivity index (χ3v) is 2.94. The van der Waals surface area contributed by atoms with Gasteiger partial charge in [0.25, 0.3) is 0 Å². The SMILES string of the molecule is CO[Si](Cl)(Cl)I. The maximum absolute atomic E-state index is 5.39. The van der Waals surface area contributed by atoms with Gasteiger partial charge >= 0.3 is 4.43 Å². The highest BCUT2D eigenvalue weighted by atomic mass is 127. The van der Waals surface area contributed by atoms with Crippen LogP contribution in [-0.4, -0.2) is 11.5 Å². The van der Waals surface area contributed by atoms with E-state index >= 15 is 0 Å². The molecule has 38 valence electrons. The van der Waals surface area contributed by atoms with Crippen LogP contribution in [0, 0.1) is 0 Å². The number of halogens is 3. The average Bonchev–Trinajstić information content (AvgIpc) is 1.35. The van der Waals surface area contributed by atoms with Crippen molar-refractivity contribution in [2.24, 2.45) is 0 Å². The van der Waals surface area contributed by atoms with Crippen molar-refractivity contribution in [1.29, 1.82) is 0 Å². The van der Waals surface area contributed by atoms with Gasteiger partial charge in [0.05, 0.1) is 0 Å². The second kappa shape index (κ2) is 2.71. The molecule has 0 aliphatic heterocycles. The molecular weight excluding hydrogens is 254 g/mol. The zero-order valence-electron chi connectivity index (χ0n) is 3.04. The molecule has 0 aromatic rings. The van der Waals surface area contributed by atoms with Gasteiger partial charge in [-0.2, -0.15) is 0 Å². The van der Waals surface area contributed by atoms with Gasteiger partial charge in [0.15, 0.2) is 0 Å². The van der Waals surface area contributed by atoms with Gasteiger partial charge in [0.2, 0.25) is 0 Å². The molecule has 0 saturated heterocycles. The Hall–Kier alpha value is 1.49. The van der Waals surface area contributed by atoms with E-state index in [1.165, 1.54) is 7.11 Å². The van der Waals surface area contributed by atoms with E-state index in [-0.39, 0.29) is 0 Å². The minimum absolute atomic E-state index is 1.50. The van der Waals surface area contributed by atoms with Crippen LogP contribution < -0.4 is 0 Å². The molecule has 0 N–H and O–H groups in total. The normalized spacial score (nSPS) is 12.0. The first-order valence-electron chi connectivity index (χ1n) is 1.18. The largest absolute Gasteiger partial charge is 0.458 e. The fraction of sp³-hybridized carbons (Fsp3) is 1.00. The van der Waals surface area contributed by atoms with Gasteiger partial charge in [0.1, 0.15) is 0 Å². The fourth-order valence-electron chi connectivity index (χ4n) is 0. The Morgan fingerprint density at radius 3 is 1.83 bits per heavy atom. The van der Waals surface area contributed by atoms with Crippen molar-refractivity contribution in [1.82, 2.24) is 0 Å². The molecule has 0 heterocycles. The summed E-state index contributed by atoms with van der Waals surface area (Å²) >= 11 is 12.7. The lowest BCUT2D eigenvalue weighted by molar-refractivity contribution is 0.446. The minimum atomic E-state index is -2.22. The van der Waals surface area contributed by atoms with E-state index < -0.39 is 4.43 Å². The van der Waals surface area contributed by atoms with Crippen LogP contribution in [0.25, 0.3) is 0 Å². The van der Waals surface area contributed by atoms with Crippen LogP contribution in [0.3, 0.4) is 0 Å². The maximum Gasteiger partial charge on any atom is 0.458 e. The Balaban J connectivity index is 3.17. The molecule has 1 nitrogen and oxygen atoms in total. The van der Waals surface area contributed by atoms with Gasteiger partial charge in [0, 0.05) is 7.11 Å². The first-order valence-corrected chi connectivity index (χ1v) is 8.23. The molecule has 0 aliphatic carbocycles. The maximum atomic E-state index is 5.39. The highest BCUT2D eigenvalue weighted by Gasteiger charge is 2.22. The van der Waals surface area contributed by atoms with Crippen LogP contribution in [0.15, 0.2) is 0 Å². The molecule has 0 aliphatic rings. The van der Waals surface area contributed by atoms with E-state index in [1.807, 2.05) is 21.8 Å². The topological polar surface area (TPSA) is 9.23 Å². The Labute approximate surface area is 59.7 Å². The highest BCUT2D eigenvalue weighted by Crippen LogP contribution is 2.22. The first kappa shape index (κ1) is 7.49. The third kappa shape index (κ3) is 5.49. The summed E-state index contributed by atoms with van der Waals surface area (Å²) in [7, 11) is 1.50. The monoisotopic (exact) mass is 256 g/mol. The van der Waals surface area contributed by atoms with Gasteiger partial charge in [-0.25, -0.2) is 0 Å². The van der Waals surface area contributed by atoms with Crippen molar-refractivity contribution < 1.29 is 4.43 Å². The Kier molecular flexibility index (Phi) is 3.38. The lowest BCUT2D eigenvalue weighted by atomic mass is 11.8. The average molecular weight is 257 g/mol. The Morgan fingerprint density at radius 1 is 1.67 bits per heavy atom. The minimum Gasteiger partial charge on any atom is -0.388 e. The molecule has 0 atom stereocenters. The van der Waals surface area contributed by atoms with Gasteiger partial charge in [-0.15, -0.1) is 22.2 Å². The number of hydrogen-bond acceptors (Lipinski definition) is 1. The summed E-state index contributed by atoms with van der Waals surface area (Å²) in [4.78, 5) is 0. The second-order valence-electron chi connectivity index (χ2n) is 0.650. The molecule has 0 unspecified atom stereocenters. The molecule has 0 aromatic carbocycles. The predicted octanol–water partition coefficient (Wildman–Crippen LogP) is 1.98. The van der Waals surface area contributed by atoms with E-state index in [0.717, 1.165) is 0 Å². The number of rotatable bonds is 1. The van der Waals surface area contributed by atoms with E-state index in [0.29, 0.717) is 0 Å². The highest BCUT2D eigenvalue weighted by molar-refractivity contribution is 14.1. The fourth-order valence-corrected chi connectivity index (χ4v) is 0. The van der Waals surface area contributed by atoms with E-state index in [4.69, 9.17) is 22.2 Å². The van der Waals surface area contributed by atoms with E-state index in [2.05, 4.69) is 4.43 Å². The van der Waals surface area contributed by atoms with E-state index in [1.54, 1.807) is 0 Å². The quantitative estimate of drug-likeness (QED) is 0.396. The second-order valence-corrected chi connectivity index (χ2v) is 14.1. The Bertz CT molecular complexity index is 43.3. The smallest absolute Gasteiger partial charge is 0.388 e. The van der Waals surface area contributed by atoms with Crippen molar-refractivity contribution >= 4 is 48.4 Å². The first-order chi connectivity index (χ1) is 2.56. The van der Waals surface area contributed by atoms with Gasteiger partial charge in [-0.05, 0) is 21.8 Å². The van der Waals surface area contributed by atoms with Crippen LogP contribution in [0.4, 0.5) is 0 Å². The van der Waals surface area contributed by atoms with Gasteiger partial charge in [-0.3, -0.25) is 0 Å². The molecule has 0 spiro atoms. The molecular formula is CH3Cl2IOSi. The van der Waals surface area contributed by atoms with E-state index in [9.17, 15) is 0 Å². The number of hydrogen-bond donors (Lipinski definition) is 0. The van der Waals surface area contributed by atoms with Crippen molar-refractivity contribution in [2.75, 3.05) is 7.11 Å². The third-order valence-electron chi connectivity index (χ3n) is 0.231. The molecule has 0 aromatic heterocycles. The molecule has 5 heteroatoms. The molecule has 0 fully saturated rings. The molecule has 0 bridgehead atoms. The van der Waals surface area contributed by atoms with Crippen LogP contribution in [-0.2, 0) is 4.43 Å². The van der Waals surface area contributed by atoms with Crippen LogP contribution in [0.2, 0.25) is 0 Å². The standard InChI is InChI=1S/CH3Cl2IOSi/c1-5-6(2,3)4/h1H3. The Morgan fingerprint density at radius 2 is 1.83 bits per heavy atom. The van der Waals surface area contributed by atoms with Gasteiger partial charge < -0.3 is 4.43 Å². The lowest BCUT2D eigenvalue weighted by Gasteiger charge is -2.00. The summed E-state index contributed by atoms with van der Waals surface area (Å²) < 4.78 is 2.38. The molecule has 0 radical (unpaired) electrons. The summed E-state index contributed by atoms with van der Waals surface area (Å²) in [6, 6.07) is 0. The lowest BCUT2D eigenvalue weighted by Crippen LogP contribution is -2.10. The van der Waals surface area contributed by atoms with Gasteiger partial charge in [-0.1, -0.05) is 0 Å². The molecule has 0 amide bonds. The van der Waals surface area contributed by atoms with Crippen LogP contribution in [0.5, 0.6) is 0 Å². The zero-order chi connectivity index (χ0) is 5.21. The molecule has 6 heavy (non-hydrogen) atoms. The van der Waals surface area contributed by atoms with Crippen molar-refractivity contribution in [2.45, 2.75) is 0 Å².